The fourth-order valence-electron chi connectivity index (χ4n) is 0.992. The molecule has 0 aliphatic heterocycles. The highest BCUT2D eigenvalue weighted by Crippen LogP contribution is 2.14. The Hall–Kier alpha value is -1.40. The Morgan fingerprint density at radius 1 is 1.36 bits per heavy atom. The minimum atomic E-state index is -0.614. The average Bonchev–Trinajstić information content (AvgIpc) is 2.18. The molecule has 1 aromatic carbocycles. The zero-order valence-electron chi connectivity index (χ0n) is 8.12. The van der Waals surface area contributed by atoms with E-state index in [0.29, 0.717) is 12.1 Å². The number of hydrogen-bond acceptors (Lipinski definition) is 1. The van der Waals surface area contributed by atoms with Gasteiger partial charge >= 0.3 is 0 Å². The molecule has 0 saturated carbocycles. The molecule has 1 aromatic rings. The summed E-state index contributed by atoms with van der Waals surface area (Å²) in [5.74, 6) is 3.89. The first-order valence-corrected chi connectivity index (χ1v) is 4.25. The van der Waals surface area contributed by atoms with E-state index in [0.717, 1.165) is 0 Å². The molecule has 1 rings (SSSR count). The molecule has 0 atom stereocenters. The summed E-state index contributed by atoms with van der Waals surface area (Å²) in [5, 5.41) is 2.77. The molecule has 0 spiro atoms. The Morgan fingerprint density at radius 3 is 2.71 bits per heavy atom. The summed E-state index contributed by atoms with van der Waals surface area (Å²) >= 11 is 0. The van der Waals surface area contributed by atoms with E-state index >= 15 is 0 Å². The highest BCUT2D eigenvalue weighted by molar-refractivity contribution is 5.39. The monoisotopic (exact) mass is 195 g/mol. The lowest BCUT2D eigenvalue weighted by Gasteiger charge is -1.99. The van der Waals surface area contributed by atoms with Gasteiger partial charge < -0.3 is 5.32 Å². The summed E-state index contributed by atoms with van der Waals surface area (Å²) in [7, 11) is 1.72. The molecule has 0 aliphatic carbocycles. The number of hydrogen-bond donors (Lipinski definition) is 1. The molecule has 0 aromatic heterocycles. The molecule has 0 radical (unpaired) electrons. The number of halogens is 2. The fraction of sp³-hybridized carbons (Fsp3) is 0.273. The molecule has 0 unspecified atom stereocenters. The zero-order valence-corrected chi connectivity index (χ0v) is 8.12. The van der Waals surface area contributed by atoms with Gasteiger partial charge in [-0.1, -0.05) is 17.9 Å². The second kappa shape index (κ2) is 4.73. The van der Waals surface area contributed by atoms with Gasteiger partial charge in [0.2, 0.25) is 0 Å². The molecule has 0 amide bonds. The maximum atomic E-state index is 13.3. The Bertz CT molecular complexity index is 388. The maximum absolute atomic E-state index is 13.3. The van der Waals surface area contributed by atoms with Crippen LogP contribution < -0.4 is 5.32 Å². The SMILES string of the molecule is CNCC#Cc1c(F)ccc(C)c1F. The fourth-order valence-corrected chi connectivity index (χ4v) is 0.992. The lowest BCUT2D eigenvalue weighted by Crippen LogP contribution is -2.04. The van der Waals surface area contributed by atoms with E-state index in [1.54, 1.807) is 14.0 Å². The van der Waals surface area contributed by atoms with Crippen molar-refractivity contribution in [2.45, 2.75) is 6.92 Å². The van der Waals surface area contributed by atoms with E-state index in [1.165, 1.54) is 12.1 Å². The molecule has 3 heteroatoms. The van der Waals surface area contributed by atoms with Crippen molar-refractivity contribution in [3.63, 3.8) is 0 Å². The van der Waals surface area contributed by atoms with Gasteiger partial charge in [-0.15, -0.1) is 0 Å². The Kier molecular flexibility index (Phi) is 3.61. The van der Waals surface area contributed by atoms with E-state index in [9.17, 15) is 8.78 Å². The van der Waals surface area contributed by atoms with Gasteiger partial charge in [-0.2, -0.15) is 0 Å². The van der Waals surface area contributed by atoms with E-state index < -0.39 is 11.6 Å². The third kappa shape index (κ3) is 2.30. The quantitative estimate of drug-likeness (QED) is 0.674. The van der Waals surface area contributed by atoms with Gasteiger partial charge in [-0.25, -0.2) is 8.78 Å². The van der Waals surface area contributed by atoms with Crippen molar-refractivity contribution in [2.75, 3.05) is 13.6 Å². The van der Waals surface area contributed by atoms with E-state index in [-0.39, 0.29) is 5.56 Å². The van der Waals surface area contributed by atoms with Gasteiger partial charge in [-0.3, -0.25) is 0 Å². The molecule has 0 bridgehead atoms. The number of rotatable bonds is 1. The molecule has 74 valence electrons. The molecular weight excluding hydrogens is 184 g/mol. The summed E-state index contributed by atoms with van der Waals surface area (Å²) in [6.45, 7) is 1.99. The molecule has 14 heavy (non-hydrogen) atoms. The highest BCUT2D eigenvalue weighted by Gasteiger charge is 2.08. The minimum Gasteiger partial charge on any atom is -0.309 e. The highest BCUT2D eigenvalue weighted by atomic mass is 19.1. The molecule has 0 fully saturated rings. The Labute approximate surface area is 82.1 Å². The molecule has 1 nitrogen and oxygen atoms in total. The van der Waals surface area contributed by atoms with E-state index in [4.69, 9.17) is 0 Å². The molecule has 0 aliphatic rings. The van der Waals surface area contributed by atoms with Crippen molar-refractivity contribution in [1.82, 2.24) is 5.32 Å². The summed E-state index contributed by atoms with van der Waals surface area (Å²) in [6.07, 6.45) is 0. The molecule has 1 N–H and O–H groups in total. The summed E-state index contributed by atoms with van der Waals surface area (Å²) in [5.41, 5.74) is 0.250. The van der Waals surface area contributed by atoms with Crippen LogP contribution in [0.2, 0.25) is 0 Å². The number of aryl methyl sites for hydroxylation is 1. The van der Waals surface area contributed by atoms with Crippen LogP contribution in [-0.4, -0.2) is 13.6 Å². The van der Waals surface area contributed by atoms with Gasteiger partial charge in [0.1, 0.15) is 11.6 Å². The Balaban J connectivity index is 3.08. The number of nitrogens with one attached hydrogen (secondary N) is 1. The van der Waals surface area contributed by atoms with Crippen LogP contribution in [0.4, 0.5) is 8.78 Å². The standard InChI is InChI=1S/C11H11F2N/c1-8-5-6-10(12)9(11(8)13)4-3-7-14-2/h5-6,14H,7H2,1-2H3. The van der Waals surface area contributed by atoms with Crippen LogP contribution in [0.3, 0.4) is 0 Å². The first-order valence-electron chi connectivity index (χ1n) is 4.25. The average molecular weight is 195 g/mol. The normalized spacial score (nSPS) is 9.43. The van der Waals surface area contributed by atoms with Crippen molar-refractivity contribution in [3.8, 4) is 11.8 Å². The largest absolute Gasteiger partial charge is 0.309 e. The van der Waals surface area contributed by atoms with Crippen LogP contribution in [0.1, 0.15) is 11.1 Å². The summed E-state index contributed by atoms with van der Waals surface area (Å²) < 4.78 is 26.4. The predicted molar refractivity (Wildman–Crippen MR) is 51.9 cm³/mol. The summed E-state index contributed by atoms with van der Waals surface area (Å²) in [6, 6.07) is 2.62. The van der Waals surface area contributed by atoms with Crippen molar-refractivity contribution < 1.29 is 8.78 Å². The second-order valence-corrected chi connectivity index (χ2v) is 2.89. The van der Waals surface area contributed by atoms with Gasteiger partial charge in [0.05, 0.1) is 12.1 Å². The minimum absolute atomic E-state index is 0.153. The van der Waals surface area contributed by atoms with Crippen molar-refractivity contribution >= 4 is 0 Å². The lowest BCUT2D eigenvalue weighted by molar-refractivity contribution is 0.571. The zero-order chi connectivity index (χ0) is 10.6. The second-order valence-electron chi connectivity index (χ2n) is 2.89. The van der Waals surface area contributed by atoms with E-state index in [2.05, 4.69) is 17.2 Å². The van der Waals surface area contributed by atoms with Gasteiger partial charge in [0.25, 0.3) is 0 Å². The predicted octanol–water partition coefficient (Wildman–Crippen LogP) is 1.84. The van der Waals surface area contributed by atoms with Crippen LogP contribution in [0.25, 0.3) is 0 Å². The molecular formula is C11H11F2N. The summed E-state index contributed by atoms with van der Waals surface area (Å²) in [4.78, 5) is 0. The van der Waals surface area contributed by atoms with Gasteiger partial charge in [0, 0.05) is 0 Å². The van der Waals surface area contributed by atoms with Crippen molar-refractivity contribution in [3.05, 3.63) is 34.9 Å². The first-order chi connectivity index (χ1) is 6.66. The third-order valence-electron chi connectivity index (χ3n) is 1.76. The first kappa shape index (κ1) is 10.7. The van der Waals surface area contributed by atoms with Gasteiger partial charge in [0.15, 0.2) is 0 Å². The smallest absolute Gasteiger partial charge is 0.144 e. The van der Waals surface area contributed by atoms with Crippen molar-refractivity contribution in [2.24, 2.45) is 0 Å². The van der Waals surface area contributed by atoms with Crippen LogP contribution in [0.15, 0.2) is 12.1 Å². The van der Waals surface area contributed by atoms with Crippen molar-refractivity contribution in [1.29, 1.82) is 0 Å². The van der Waals surface area contributed by atoms with E-state index in [1.807, 2.05) is 0 Å². The van der Waals surface area contributed by atoms with Crippen LogP contribution in [0, 0.1) is 30.4 Å². The number of benzene rings is 1. The van der Waals surface area contributed by atoms with Gasteiger partial charge in [-0.05, 0) is 25.6 Å². The molecule has 0 saturated heterocycles. The Morgan fingerprint density at radius 2 is 2.07 bits per heavy atom. The topological polar surface area (TPSA) is 12.0 Å². The van der Waals surface area contributed by atoms with Crippen LogP contribution in [-0.2, 0) is 0 Å². The third-order valence-corrected chi connectivity index (χ3v) is 1.76. The lowest BCUT2D eigenvalue weighted by atomic mass is 10.1. The maximum Gasteiger partial charge on any atom is 0.144 e. The van der Waals surface area contributed by atoms with Crippen LogP contribution >= 0.6 is 0 Å². The van der Waals surface area contributed by atoms with Crippen LogP contribution in [0.5, 0.6) is 0 Å². The molecule has 0 heterocycles.